The molecule has 3 heteroatoms. The number of hydrogen-bond donors (Lipinski definition) is 0. The van der Waals surface area contributed by atoms with E-state index in [0.717, 1.165) is 19.2 Å². The van der Waals surface area contributed by atoms with Crippen molar-refractivity contribution in [2.24, 2.45) is 0 Å². The molecular formula is C25H28BrOP. The van der Waals surface area contributed by atoms with E-state index < -0.39 is 5.31 Å². The molecular weight excluding hydrogens is 427 g/mol. The Hall–Kier alpha value is -1.47. The zero-order valence-electron chi connectivity index (χ0n) is 16.2. The van der Waals surface area contributed by atoms with Gasteiger partial charge in [0.2, 0.25) is 0 Å². The topological polar surface area (TPSA) is 9.23 Å². The number of ether oxygens (including phenoxy) is 1. The molecule has 0 radical (unpaired) electrons. The third kappa shape index (κ3) is 3.59. The van der Waals surface area contributed by atoms with Crippen LogP contribution in [0.4, 0.5) is 0 Å². The minimum atomic E-state index is -2.79. The van der Waals surface area contributed by atoms with E-state index in [0.29, 0.717) is 6.10 Å². The molecule has 1 heterocycles. The van der Waals surface area contributed by atoms with Crippen molar-refractivity contribution in [3.8, 4) is 0 Å². The van der Waals surface area contributed by atoms with Gasteiger partial charge in [0.15, 0.2) is 0 Å². The summed E-state index contributed by atoms with van der Waals surface area (Å²) in [5, 5.41) is 1.38. The molecule has 1 aliphatic rings. The van der Waals surface area contributed by atoms with Crippen LogP contribution in [-0.4, -0.2) is 18.9 Å². The van der Waals surface area contributed by atoms with Crippen molar-refractivity contribution in [3.05, 3.63) is 91.0 Å². The Morgan fingerprint density at radius 1 is 0.714 bits per heavy atom. The van der Waals surface area contributed by atoms with E-state index in [-0.39, 0.29) is 0 Å². The quantitative estimate of drug-likeness (QED) is 0.428. The van der Waals surface area contributed by atoms with Gasteiger partial charge in [0.1, 0.15) is 0 Å². The molecule has 0 saturated carbocycles. The molecule has 0 amide bonds. The molecule has 28 heavy (non-hydrogen) atoms. The number of halogens is 1. The number of hydrogen-bond acceptors (Lipinski definition) is 1. The zero-order chi connectivity index (χ0) is 19.3. The van der Waals surface area contributed by atoms with E-state index in [1.54, 1.807) is 0 Å². The predicted molar refractivity (Wildman–Crippen MR) is 127 cm³/mol. The molecule has 3 aromatic rings. The summed E-state index contributed by atoms with van der Waals surface area (Å²) in [5.74, 6) is 0. The van der Waals surface area contributed by atoms with Crippen molar-refractivity contribution in [1.29, 1.82) is 0 Å². The van der Waals surface area contributed by atoms with Gasteiger partial charge in [-0.2, -0.15) is 0 Å². The first-order valence-corrected chi connectivity index (χ1v) is 14.7. The molecule has 1 atom stereocenters. The molecule has 4 rings (SSSR count). The number of benzene rings is 3. The van der Waals surface area contributed by atoms with Gasteiger partial charge < -0.3 is 0 Å². The summed E-state index contributed by atoms with van der Waals surface area (Å²) in [6.07, 6.45) is 6.16. The van der Waals surface area contributed by atoms with Crippen LogP contribution in [0.1, 0.15) is 25.7 Å². The zero-order valence-corrected chi connectivity index (χ0v) is 18.7. The van der Waals surface area contributed by atoms with Crippen LogP contribution in [0.25, 0.3) is 0 Å². The summed E-state index contributed by atoms with van der Waals surface area (Å²) >= 11 is 4.52. The molecule has 1 aliphatic heterocycles. The molecule has 0 aromatic heterocycles. The van der Waals surface area contributed by atoms with Crippen molar-refractivity contribution in [2.75, 3.05) is 12.8 Å². The molecule has 1 unspecified atom stereocenters. The molecule has 3 aromatic carbocycles. The standard InChI is InChI=1S/C25H28BrOP/c26-28(23-13-4-1-5-14-23,24-15-6-2-7-16-24,25-17-8-3-9-18-25)21-19-22-12-10-11-20-27-22/h1-9,13-18,22H,10-12,19-21H2. The average Bonchev–Trinajstić information content (AvgIpc) is 2.80. The molecule has 0 bridgehead atoms. The van der Waals surface area contributed by atoms with E-state index in [4.69, 9.17) is 4.74 Å². The van der Waals surface area contributed by atoms with Crippen molar-refractivity contribution >= 4 is 36.7 Å². The van der Waals surface area contributed by atoms with Gasteiger partial charge in [-0.25, -0.2) is 0 Å². The van der Waals surface area contributed by atoms with Crippen LogP contribution >= 0.6 is 20.8 Å². The van der Waals surface area contributed by atoms with E-state index in [1.165, 1.54) is 35.2 Å². The van der Waals surface area contributed by atoms with Crippen LogP contribution in [0.2, 0.25) is 0 Å². The van der Waals surface area contributed by atoms with Gasteiger partial charge in [-0.05, 0) is 0 Å². The van der Waals surface area contributed by atoms with Crippen LogP contribution in [0.15, 0.2) is 91.0 Å². The summed E-state index contributed by atoms with van der Waals surface area (Å²) < 4.78 is 6.13. The molecule has 1 nitrogen and oxygen atoms in total. The maximum atomic E-state index is 6.13. The van der Waals surface area contributed by atoms with E-state index in [9.17, 15) is 0 Å². The summed E-state index contributed by atoms with van der Waals surface area (Å²) in [5.41, 5.74) is 0. The first-order chi connectivity index (χ1) is 13.7. The van der Waals surface area contributed by atoms with Crippen molar-refractivity contribution in [2.45, 2.75) is 31.8 Å². The fourth-order valence-electron chi connectivity index (χ4n) is 4.47. The summed E-state index contributed by atoms with van der Waals surface area (Å²) in [7, 11) is 0. The van der Waals surface area contributed by atoms with E-state index >= 15 is 0 Å². The minimum absolute atomic E-state index is 0.365. The Balaban J connectivity index is 1.89. The Morgan fingerprint density at radius 2 is 1.18 bits per heavy atom. The van der Waals surface area contributed by atoms with Crippen LogP contribution in [-0.2, 0) is 4.74 Å². The Bertz CT molecular complexity index is 777. The van der Waals surface area contributed by atoms with Crippen molar-refractivity contribution < 1.29 is 4.74 Å². The van der Waals surface area contributed by atoms with E-state index in [1.807, 2.05) is 0 Å². The van der Waals surface area contributed by atoms with Gasteiger partial charge in [0, 0.05) is 0 Å². The Morgan fingerprint density at radius 3 is 1.57 bits per heavy atom. The number of rotatable bonds is 6. The molecule has 1 fully saturated rings. The normalized spacial score (nSPS) is 18.9. The monoisotopic (exact) mass is 454 g/mol. The van der Waals surface area contributed by atoms with Crippen LogP contribution in [0, 0.1) is 0 Å². The molecule has 0 N–H and O–H groups in total. The SMILES string of the molecule is BrP(CCC1CCCCO1)(c1ccccc1)(c1ccccc1)c1ccccc1. The molecule has 146 valence electrons. The van der Waals surface area contributed by atoms with Gasteiger partial charge in [-0.15, -0.1) is 0 Å². The summed E-state index contributed by atoms with van der Waals surface area (Å²) in [6, 6.07) is 33.1. The van der Waals surface area contributed by atoms with Gasteiger partial charge >= 0.3 is 177 Å². The van der Waals surface area contributed by atoms with Gasteiger partial charge in [-0.3, -0.25) is 0 Å². The summed E-state index contributed by atoms with van der Waals surface area (Å²) in [4.78, 5) is 0. The third-order valence-electron chi connectivity index (χ3n) is 6.03. The fourth-order valence-corrected chi connectivity index (χ4v) is 12.0. The maximum absolute atomic E-state index is 6.13. The summed E-state index contributed by atoms with van der Waals surface area (Å²) in [6.45, 7) is 0.908. The first kappa shape index (κ1) is 19.8. The van der Waals surface area contributed by atoms with Crippen LogP contribution in [0.3, 0.4) is 0 Å². The van der Waals surface area contributed by atoms with Gasteiger partial charge in [0.25, 0.3) is 0 Å². The predicted octanol–water partition coefficient (Wildman–Crippen LogP) is 5.79. The van der Waals surface area contributed by atoms with Crippen LogP contribution in [0.5, 0.6) is 0 Å². The molecule has 1 saturated heterocycles. The van der Waals surface area contributed by atoms with E-state index in [2.05, 4.69) is 106 Å². The average molecular weight is 455 g/mol. The van der Waals surface area contributed by atoms with Crippen molar-refractivity contribution in [1.82, 2.24) is 0 Å². The fraction of sp³-hybridized carbons (Fsp3) is 0.280. The van der Waals surface area contributed by atoms with Crippen LogP contribution < -0.4 is 15.9 Å². The van der Waals surface area contributed by atoms with Gasteiger partial charge in [0.05, 0.1) is 0 Å². The van der Waals surface area contributed by atoms with Crippen molar-refractivity contribution in [3.63, 3.8) is 0 Å². The Labute approximate surface area is 176 Å². The Kier molecular flexibility index (Phi) is 6.01. The molecule has 0 aliphatic carbocycles. The van der Waals surface area contributed by atoms with Gasteiger partial charge in [-0.1, -0.05) is 0 Å². The molecule has 0 spiro atoms. The second kappa shape index (κ2) is 8.49. The third-order valence-corrected chi connectivity index (χ3v) is 16.0. The second-order valence-corrected chi connectivity index (χ2v) is 16.7. The first-order valence-electron chi connectivity index (χ1n) is 10.2. The second-order valence-electron chi connectivity index (χ2n) is 7.69.